The van der Waals surface area contributed by atoms with Crippen LogP contribution in [0.2, 0.25) is 0 Å². The van der Waals surface area contributed by atoms with Gasteiger partial charge in [0.25, 0.3) is 0 Å². The highest BCUT2D eigenvalue weighted by Crippen LogP contribution is 2.59. The topological polar surface area (TPSA) is 3.24 Å². The zero-order valence-corrected chi connectivity index (χ0v) is 9.93. The highest BCUT2D eigenvalue weighted by atomic mass is 35.5. The molecule has 0 heterocycles. The fourth-order valence-corrected chi connectivity index (χ4v) is 5.36. The molecule has 0 spiro atoms. The van der Waals surface area contributed by atoms with Crippen LogP contribution in [0.4, 0.5) is 0 Å². The first-order valence-electron chi connectivity index (χ1n) is 5.93. The summed E-state index contributed by atoms with van der Waals surface area (Å²) in [6.07, 6.45) is 6.78. The molecule has 4 saturated carbocycles. The Balaban J connectivity index is 1.89. The van der Waals surface area contributed by atoms with E-state index in [4.69, 9.17) is 11.6 Å². The minimum absolute atomic E-state index is 0.211. The molecule has 4 bridgehead atoms. The number of hydrogen-bond acceptors (Lipinski definition) is 1. The minimum Gasteiger partial charge on any atom is -0.306 e. The Labute approximate surface area is 91.8 Å². The molecule has 0 aromatic rings. The number of hydrogen-bond donors (Lipinski definition) is 0. The van der Waals surface area contributed by atoms with Crippen molar-refractivity contribution in [3.8, 4) is 0 Å². The Morgan fingerprint density at radius 2 is 1.64 bits per heavy atom. The van der Waals surface area contributed by atoms with Crippen molar-refractivity contribution in [3.63, 3.8) is 0 Å². The number of alkyl halides is 1. The third-order valence-electron chi connectivity index (χ3n) is 4.74. The molecule has 14 heavy (non-hydrogen) atoms. The van der Waals surface area contributed by atoms with Crippen molar-refractivity contribution >= 4 is 11.6 Å². The summed E-state index contributed by atoms with van der Waals surface area (Å²) in [5.41, 5.74) is 0. The van der Waals surface area contributed by atoms with E-state index < -0.39 is 0 Å². The first kappa shape index (κ1) is 9.47. The van der Waals surface area contributed by atoms with E-state index in [2.05, 4.69) is 19.0 Å². The van der Waals surface area contributed by atoms with E-state index in [1.807, 2.05) is 0 Å². The number of halogens is 1. The molecule has 0 N–H and O–H groups in total. The summed E-state index contributed by atoms with van der Waals surface area (Å²) < 4.78 is 0. The van der Waals surface area contributed by atoms with Gasteiger partial charge < -0.3 is 4.90 Å². The summed E-state index contributed by atoms with van der Waals surface area (Å²) in [6.45, 7) is 0. The molecule has 0 aromatic heterocycles. The van der Waals surface area contributed by atoms with Crippen LogP contribution in [-0.2, 0) is 0 Å². The molecular weight excluding hydrogens is 194 g/mol. The average molecular weight is 214 g/mol. The summed E-state index contributed by atoms with van der Waals surface area (Å²) in [4.78, 5) is 2.66. The standard InChI is InChI=1S/C12H20ClN/c1-14(2)11-9-3-8-4-10(11)7-12(13,5-8)6-9/h8-11H,3-7H2,1-2H3. The number of nitrogens with zero attached hydrogens (tertiary/aromatic N) is 1. The van der Waals surface area contributed by atoms with Crippen molar-refractivity contribution in [1.29, 1.82) is 0 Å². The maximum Gasteiger partial charge on any atom is 0.0456 e. The van der Waals surface area contributed by atoms with Crippen molar-refractivity contribution in [1.82, 2.24) is 4.90 Å². The van der Waals surface area contributed by atoms with E-state index in [1.54, 1.807) is 0 Å². The second-order valence-corrected chi connectivity index (χ2v) is 6.88. The third-order valence-corrected chi connectivity index (χ3v) is 5.21. The van der Waals surface area contributed by atoms with E-state index >= 15 is 0 Å². The summed E-state index contributed by atoms with van der Waals surface area (Å²) >= 11 is 6.68. The molecule has 0 aromatic carbocycles. The van der Waals surface area contributed by atoms with Crippen LogP contribution in [0.5, 0.6) is 0 Å². The van der Waals surface area contributed by atoms with Crippen LogP contribution >= 0.6 is 11.6 Å². The van der Waals surface area contributed by atoms with Gasteiger partial charge in [-0.05, 0) is 64.0 Å². The van der Waals surface area contributed by atoms with Crippen LogP contribution < -0.4 is 0 Å². The molecule has 2 atom stereocenters. The molecule has 0 amide bonds. The molecule has 4 rings (SSSR count). The molecule has 2 unspecified atom stereocenters. The lowest BCUT2D eigenvalue weighted by atomic mass is 9.53. The van der Waals surface area contributed by atoms with Crippen LogP contribution in [0.3, 0.4) is 0 Å². The normalized spacial score (nSPS) is 55.7. The van der Waals surface area contributed by atoms with E-state index in [1.165, 1.54) is 32.1 Å². The summed E-state index contributed by atoms with van der Waals surface area (Å²) in [5, 5.41) is 0. The van der Waals surface area contributed by atoms with E-state index in [0.29, 0.717) is 0 Å². The lowest BCUT2D eigenvalue weighted by molar-refractivity contribution is -0.0392. The number of rotatable bonds is 1. The SMILES string of the molecule is CN(C)C1C2CC3CC1CC(Cl)(C3)C2. The van der Waals surface area contributed by atoms with Crippen molar-refractivity contribution in [2.45, 2.75) is 43.0 Å². The fraction of sp³-hybridized carbons (Fsp3) is 1.00. The van der Waals surface area contributed by atoms with Gasteiger partial charge in [0.2, 0.25) is 0 Å². The predicted octanol–water partition coefficient (Wildman–Crippen LogP) is 2.73. The second kappa shape index (κ2) is 2.89. The highest BCUT2D eigenvalue weighted by Gasteiger charge is 2.55. The van der Waals surface area contributed by atoms with Gasteiger partial charge in [0.05, 0.1) is 0 Å². The lowest BCUT2D eigenvalue weighted by Gasteiger charge is -2.59. The van der Waals surface area contributed by atoms with Gasteiger partial charge in [-0.25, -0.2) is 0 Å². The van der Waals surface area contributed by atoms with E-state index in [-0.39, 0.29) is 4.87 Å². The molecule has 4 fully saturated rings. The Kier molecular flexibility index (Phi) is 1.95. The molecule has 2 heteroatoms. The van der Waals surface area contributed by atoms with Crippen LogP contribution in [0.25, 0.3) is 0 Å². The monoisotopic (exact) mass is 213 g/mol. The Morgan fingerprint density at radius 1 is 1.07 bits per heavy atom. The average Bonchev–Trinajstić information content (AvgIpc) is 1.97. The molecule has 0 aliphatic heterocycles. The van der Waals surface area contributed by atoms with Gasteiger partial charge in [-0.1, -0.05) is 0 Å². The van der Waals surface area contributed by atoms with Gasteiger partial charge in [0, 0.05) is 10.9 Å². The highest BCUT2D eigenvalue weighted by molar-refractivity contribution is 6.24. The van der Waals surface area contributed by atoms with Crippen molar-refractivity contribution in [3.05, 3.63) is 0 Å². The molecule has 1 nitrogen and oxygen atoms in total. The zero-order chi connectivity index (χ0) is 9.92. The molecule has 0 saturated heterocycles. The minimum atomic E-state index is 0.211. The first-order chi connectivity index (χ1) is 6.57. The maximum atomic E-state index is 6.68. The zero-order valence-electron chi connectivity index (χ0n) is 9.17. The van der Waals surface area contributed by atoms with Crippen LogP contribution in [0.15, 0.2) is 0 Å². The van der Waals surface area contributed by atoms with Crippen molar-refractivity contribution in [2.24, 2.45) is 17.8 Å². The predicted molar refractivity (Wildman–Crippen MR) is 59.6 cm³/mol. The molecular formula is C12H20ClN. The Hall–Kier alpha value is 0.250. The summed E-state index contributed by atoms with van der Waals surface area (Å²) in [6, 6.07) is 0.832. The van der Waals surface area contributed by atoms with Crippen molar-refractivity contribution < 1.29 is 0 Å². The third kappa shape index (κ3) is 1.25. The second-order valence-electron chi connectivity index (χ2n) is 6.08. The van der Waals surface area contributed by atoms with Gasteiger partial charge in [-0.3, -0.25) is 0 Å². The van der Waals surface area contributed by atoms with Crippen LogP contribution in [-0.4, -0.2) is 29.9 Å². The molecule has 4 aliphatic carbocycles. The Morgan fingerprint density at radius 3 is 2.07 bits per heavy atom. The lowest BCUT2D eigenvalue weighted by Crippen LogP contribution is -2.58. The molecule has 80 valence electrons. The van der Waals surface area contributed by atoms with Crippen LogP contribution in [0.1, 0.15) is 32.1 Å². The van der Waals surface area contributed by atoms with E-state index in [0.717, 1.165) is 23.8 Å². The largest absolute Gasteiger partial charge is 0.306 e. The molecule has 0 radical (unpaired) electrons. The quantitative estimate of drug-likeness (QED) is 0.606. The van der Waals surface area contributed by atoms with Gasteiger partial charge >= 0.3 is 0 Å². The van der Waals surface area contributed by atoms with E-state index in [9.17, 15) is 0 Å². The smallest absolute Gasteiger partial charge is 0.0456 e. The Bertz CT molecular complexity index is 235. The van der Waals surface area contributed by atoms with Gasteiger partial charge in [-0.15, -0.1) is 11.6 Å². The van der Waals surface area contributed by atoms with Gasteiger partial charge in [0.1, 0.15) is 0 Å². The van der Waals surface area contributed by atoms with Gasteiger partial charge in [-0.2, -0.15) is 0 Å². The molecule has 4 aliphatic rings. The van der Waals surface area contributed by atoms with Crippen LogP contribution in [0, 0.1) is 17.8 Å². The fourth-order valence-electron chi connectivity index (χ4n) is 4.74. The summed E-state index contributed by atoms with van der Waals surface area (Å²) in [5.74, 6) is 2.75. The first-order valence-corrected chi connectivity index (χ1v) is 6.30. The summed E-state index contributed by atoms with van der Waals surface area (Å²) in [7, 11) is 4.49. The van der Waals surface area contributed by atoms with Gasteiger partial charge in [0.15, 0.2) is 0 Å². The maximum absolute atomic E-state index is 6.68. The van der Waals surface area contributed by atoms with Crippen molar-refractivity contribution in [2.75, 3.05) is 14.1 Å².